The van der Waals surface area contributed by atoms with Crippen LogP contribution in [0.25, 0.3) is 0 Å². The summed E-state index contributed by atoms with van der Waals surface area (Å²) < 4.78 is 0.995. The lowest BCUT2D eigenvalue weighted by Gasteiger charge is -2.00. The van der Waals surface area contributed by atoms with Gasteiger partial charge in [0.15, 0.2) is 11.8 Å². The molecular formula is C6H6ClNO3. The van der Waals surface area contributed by atoms with Gasteiger partial charge < -0.3 is 10.2 Å². The fraction of sp³-hybridized carbons (Fsp3) is 0.167. The SMILES string of the molecule is O=C(Cl)Cn1c(O)ccc1O. The topological polar surface area (TPSA) is 62.5 Å². The van der Waals surface area contributed by atoms with Crippen molar-refractivity contribution in [3.05, 3.63) is 12.1 Å². The van der Waals surface area contributed by atoms with Crippen LogP contribution in [0.5, 0.6) is 11.8 Å². The second kappa shape index (κ2) is 2.84. The second-order valence-corrected chi connectivity index (χ2v) is 2.41. The van der Waals surface area contributed by atoms with Crippen LogP contribution in [0.15, 0.2) is 12.1 Å². The molecule has 0 aliphatic rings. The van der Waals surface area contributed by atoms with Crippen molar-refractivity contribution in [1.29, 1.82) is 0 Å². The summed E-state index contributed by atoms with van der Waals surface area (Å²) >= 11 is 5.03. The molecule has 1 rings (SSSR count). The third-order valence-electron chi connectivity index (χ3n) is 1.22. The molecule has 0 unspecified atom stereocenters. The highest BCUT2D eigenvalue weighted by molar-refractivity contribution is 6.63. The van der Waals surface area contributed by atoms with E-state index < -0.39 is 5.24 Å². The Morgan fingerprint density at radius 2 is 1.91 bits per heavy atom. The van der Waals surface area contributed by atoms with Gasteiger partial charge in [0, 0.05) is 12.1 Å². The van der Waals surface area contributed by atoms with Crippen LogP contribution in [0, 0.1) is 0 Å². The highest BCUT2D eigenvalue weighted by Gasteiger charge is 2.07. The van der Waals surface area contributed by atoms with E-state index in [0.717, 1.165) is 4.57 Å². The largest absolute Gasteiger partial charge is 0.494 e. The molecule has 0 aromatic carbocycles. The molecule has 11 heavy (non-hydrogen) atoms. The van der Waals surface area contributed by atoms with E-state index >= 15 is 0 Å². The maximum absolute atomic E-state index is 10.3. The van der Waals surface area contributed by atoms with Crippen molar-refractivity contribution in [2.75, 3.05) is 0 Å². The quantitative estimate of drug-likeness (QED) is 0.650. The molecular weight excluding hydrogens is 170 g/mol. The summed E-state index contributed by atoms with van der Waals surface area (Å²) in [5.41, 5.74) is 0. The zero-order valence-corrected chi connectivity index (χ0v) is 6.25. The third-order valence-corrected chi connectivity index (χ3v) is 1.34. The van der Waals surface area contributed by atoms with Crippen molar-refractivity contribution >= 4 is 16.8 Å². The van der Waals surface area contributed by atoms with E-state index in [0.29, 0.717) is 0 Å². The molecule has 5 heteroatoms. The fourth-order valence-electron chi connectivity index (χ4n) is 0.733. The molecule has 0 radical (unpaired) electrons. The summed E-state index contributed by atoms with van der Waals surface area (Å²) in [6.07, 6.45) is 0. The molecule has 0 spiro atoms. The Kier molecular flexibility index (Phi) is 2.05. The molecule has 0 atom stereocenters. The lowest BCUT2D eigenvalue weighted by Crippen LogP contribution is -2.02. The van der Waals surface area contributed by atoms with Crippen LogP contribution in [-0.2, 0) is 11.3 Å². The van der Waals surface area contributed by atoms with Gasteiger partial charge in [-0.3, -0.25) is 9.36 Å². The van der Waals surface area contributed by atoms with Gasteiger partial charge in [0.25, 0.3) is 0 Å². The molecule has 0 saturated heterocycles. The summed E-state index contributed by atoms with van der Waals surface area (Å²) in [4.78, 5) is 10.3. The highest BCUT2D eigenvalue weighted by atomic mass is 35.5. The van der Waals surface area contributed by atoms with Crippen LogP contribution >= 0.6 is 11.6 Å². The number of hydrogen-bond acceptors (Lipinski definition) is 3. The second-order valence-electron chi connectivity index (χ2n) is 1.99. The molecule has 0 bridgehead atoms. The number of carbonyl (C=O) groups excluding carboxylic acids is 1. The Bertz CT molecular complexity index is 262. The van der Waals surface area contributed by atoms with Crippen molar-refractivity contribution in [3.63, 3.8) is 0 Å². The maximum Gasteiger partial charge on any atom is 0.241 e. The summed E-state index contributed by atoms with van der Waals surface area (Å²) in [5, 5.41) is 17.3. The number of hydrogen-bond donors (Lipinski definition) is 2. The van der Waals surface area contributed by atoms with Gasteiger partial charge in [-0.15, -0.1) is 0 Å². The predicted molar refractivity (Wildman–Crippen MR) is 38.6 cm³/mol. The lowest BCUT2D eigenvalue weighted by molar-refractivity contribution is -0.112. The third kappa shape index (κ3) is 1.65. The summed E-state index contributed by atoms with van der Waals surface area (Å²) in [5.74, 6) is -0.368. The van der Waals surface area contributed by atoms with Gasteiger partial charge in [-0.25, -0.2) is 0 Å². The van der Waals surface area contributed by atoms with Crippen molar-refractivity contribution in [2.45, 2.75) is 6.54 Å². The zero-order chi connectivity index (χ0) is 8.43. The summed E-state index contributed by atoms with van der Waals surface area (Å²) in [6.45, 7) is -0.230. The van der Waals surface area contributed by atoms with Crippen molar-refractivity contribution in [2.24, 2.45) is 0 Å². The first-order valence-electron chi connectivity index (χ1n) is 2.87. The van der Waals surface area contributed by atoms with E-state index in [1.54, 1.807) is 0 Å². The number of rotatable bonds is 2. The number of carbonyl (C=O) groups is 1. The summed E-state index contributed by atoms with van der Waals surface area (Å²) in [6, 6.07) is 2.55. The van der Waals surface area contributed by atoms with E-state index in [9.17, 15) is 4.79 Å². The number of aromatic nitrogens is 1. The molecule has 1 aromatic rings. The average molecular weight is 176 g/mol. The monoisotopic (exact) mass is 175 g/mol. The first-order chi connectivity index (χ1) is 5.11. The Hall–Kier alpha value is -1.16. The van der Waals surface area contributed by atoms with Gasteiger partial charge in [0.2, 0.25) is 5.24 Å². The van der Waals surface area contributed by atoms with Gasteiger partial charge in [0.05, 0.1) is 0 Å². The minimum atomic E-state index is -0.646. The number of halogens is 1. The van der Waals surface area contributed by atoms with Crippen LogP contribution in [0.3, 0.4) is 0 Å². The summed E-state index contributed by atoms with van der Waals surface area (Å²) in [7, 11) is 0. The van der Waals surface area contributed by atoms with Crippen molar-refractivity contribution in [1.82, 2.24) is 4.57 Å². The van der Waals surface area contributed by atoms with Crippen LogP contribution in [0.2, 0.25) is 0 Å². The minimum Gasteiger partial charge on any atom is -0.494 e. The van der Waals surface area contributed by atoms with E-state index in [2.05, 4.69) is 0 Å². The van der Waals surface area contributed by atoms with Gasteiger partial charge in [-0.05, 0) is 11.6 Å². The van der Waals surface area contributed by atoms with Crippen molar-refractivity contribution in [3.8, 4) is 11.8 Å². The van der Waals surface area contributed by atoms with Crippen LogP contribution in [0.4, 0.5) is 0 Å². The van der Waals surface area contributed by atoms with E-state index in [1.165, 1.54) is 12.1 Å². The maximum atomic E-state index is 10.3. The first-order valence-corrected chi connectivity index (χ1v) is 3.25. The van der Waals surface area contributed by atoms with E-state index in [1.807, 2.05) is 0 Å². The molecule has 0 aliphatic heterocycles. The van der Waals surface area contributed by atoms with Gasteiger partial charge in [-0.1, -0.05) is 0 Å². The van der Waals surface area contributed by atoms with E-state index in [-0.39, 0.29) is 18.3 Å². The average Bonchev–Trinajstić information content (AvgIpc) is 2.18. The Labute approximate surface area is 67.6 Å². The molecule has 2 N–H and O–H groups in total. The van der Waals surface area contributed by atoms with Gasteiger partial charge >= 0.3 is 0 Å². The number of nitrogens with zero attached hydrogens (tertiary/aromatic N) is 1. The minimum absolute atomic E-state index is 0.184. The predicted octanol–water partition coefficient (Wildman–Crippen LogP) is 0.665. The Balaban J connectivity index is 2.92. The molecule has 0 saturated carbocycles. The van der Waals surface area contributed by atoms with Crippen LogP contribution in [0.1, 0.15) is 0 Å². The van der Waals surface area contributed by atoms with Crippen LogP contribution in [-0.4, -0.2) is 20.0 Å². The van der Waals surface area contributed by atoms with E-state index in [4.69, 9.17) is 21.8 Å². The van der Waals surface area contributed by atoms with Gasteiger partial charge in [0.1, 0.15) is 6.54 Å². The van der Waals surface area contributed by atoms with Crippen LogP contribution < -0.4 is 0 Å². The molecule has 4 nitrogen and oxygen atoms in total. The Morgan fingerprint density at radius 1 is 1.45 bits per heavy atom. The number of aromatic hydroxyl groups is 2. The molecule has 0 amide bonds. The highest BCUT2D eigenvalue weighted by Crippen LogP contribution is 2.20. The molecule has 1 aromatic heterocycles. The smallest absolute Gasteiger partial charge is 0.241 e. The zero-order valence-electron chi connectivity index (χ0n) is 5.49. The Morgan fingerprint density at radius 3 is 2.27 bits per heavy atom. The molecule has 0 fully saturated rings. The molecule has 60 valence electrons. The van der Waals surface area contributed by atoms with Crippen molar-refractivity contribution < 1.29 is 15.0 Å². The standard InChI is InChI=1S/C6H6ClNO3/c7-4(9)3-8-5(10)1-2-6(8)11/h1-2,10-11H,3H2. The fourth-order valence-corrected chi connectivity index (χ4v) is 0.852. The first kappa shape index (κ1) is 7.94. The molecule has 1 heterocycles. The van der Waals surface area contributed by atoms with Gasteiger partial charge in [-0.2, -0.15) is 0 Å². The molecule has 0 aliphatic carbocycles. The normalized spacial score (nSPS) is 9.91. The lowest BCUT2D eigenvalue weighted by atomic mass is 10.6.